The molecule has 1 aliphatic rings. The first-order chi connectivity index (χ1) is 12.0. The van der Waals surface area contributed by atoms with E-state index in [9.17, 15) is 9.59 Å². The maximum atomic E-state index is 12.8. The van der Waals surface area contributed by atoms with Crippen LogP contribution < -0.4 is 5.32 Å². The minimum atomic E-state index is -0.225. The predicted octanol–water partition coefficient (Wildman–Crippen LogP) is 1.96. The number of rotatable bonds is 3. The molecule has 2 aromatic heterocycles. The maximum absolute atomic E-state index is 12.8. The molecule has 3 rings (SSSR count). The topological polar surface area (TPSA) is 84.4 Å². The molecule has 130 valence electrons. The van der Waals surface area contributed by atoms with Crippen LogP contribution in [-0.2, 0) is 9.53 Å². The Morgan fingerprint density at radius 3 is 2.80 bits per heavy atom. The molecule has 0 radical (unpaired) electrons. The molecule has 1 aliphatic heterocycles. The third kappa shape index (κ3) is 4.19. The minimum absolute atomic E-state index is 0.104. The summed E-state index contributed by atoms with van der Waals surface area (Å²) in [5.74, 6) is 0.0394. The number of amides is 2. The first-order valence-corrected chi connectivity index (χ1v) is 8.10. The van der Waals surface area contributed by atoms with Crippen molar-refractivity contribution in [2.75, 3.05) is 25.0 Å². The van der Waals surface area contributed by atoms with Gasteiger partial charge in [-0.25, -0.2) is 4.98 Å². The fourth-order valence-corrected chi connectivity index (χ4v) is 2.80. The van der Waals surface area contributed by atoms with Gasteiger partial charge in [0.25, 0.3) is 5.91 Å². The van der Waals surface area contributed by atoms with Crippen LogP contribution in [0.3, 0.4) is 0 Å². The van der Waals surface area contributed by atoms with Crippen LogP contribution in [0.25, 0.3) is 0 Å². The fraction of sp³-hybridized carbons (Fsp3) is 0.333. The van der Waals surface area contributed by atoms with E-state index >= 15 is 0 Å². The van der Waals surface area contributed by atoms with Gasteiger partial charge in [0.05, 0.1) is 13.2 Å². The lowest BCUT2D eigenvalue weighted by molar-refractivity contribution is -0.114. The molecule has 0 saturated carbocycles. The molecule has 25 heavy (non-hydrogen) atoms. The average Bonchev–Trinajstić information content (AvgIpc) is 2.61. The van der Waals surface area contributed by atoms with Crippen LogP contribution in [0, 0.1) is 6.92 Å². The van der Waals surface area contributed by atoms with Crippen LogP contribution in [0.1, 0.15) is 34.6 Å². The summed E-state index contributed by atoms with van der Waals surface area (Å²) in [6.45, 7) is 4.80. The Morgan fingerprint density at radius 1 is 1.24 bits per heavy atom. The Hall–Kier alpha value is -2.80. The van der Waals surface area contributed by atoms with E-state index in [0.717, 1.165) is 11.3 Å². The van der Waals surface area contributed by atoms with Crippen molar-refractivity contribution < 1.29 is 14.3 Å². The number of hydrogen-bond acceptors (Lipinski definition) is 5. The smallest absolute Gasteiger partial charge is 0.254 e. The van der Waals surface area contributed by atoms with Crippen molar-refractivity contribution in [1.82, 2.24) is 14.9 Å². The number of ether oxygens (including phenoxy) is 1. The van der Waals surface area contributed by atoms with Gasteiger partial charge in [-0.3, -0.25) is 14.6 Å². The van der Waals surface area contributed by atoms with E-state index in [1.54, 1.807) is 23.2 Å². The lowest BCUT2D eigenvalue weighted by Gasteiger charge is -2.33. The number of carbonyl (C=O) groups excluding carboxylic acids is 2. The number of pyridine rings is 2. The molecule has 0 aromatic carbocycles. The molecule has 1 fully saturated rings. The number of anilines is 1. The lowest BCUT2D eigenvalue weighted by atomic mass is 10.1. The second-order valence-corrected chi connectivity index (χ2v) is 5.95. The normalized spacial score (nSPS) is 17.2. The van der Waals surface area contributed by atoms with Gasteiger partial charge in [-0.1, -0.05) is 0 Å². The average molecular weight is 340 g/mol. The maximum Gasteiger partial charge on any atom is 0.254 e. The molecule has 1 N–H and O–H groups in total. The molecule has 7 heteroatoms. The second-order valence-electron chi connectivity index (χ2n) is 5.95. The van der Waals surface area contributed by atoms with Gasteiger partial charge in [0, 0.05) is 37.1 Å². The molecule has 2 amide bonds. The van der Waals surface area contributed by atoms with Crippen LogP contribution in [0.2, 0.25) is 0 Å². The SMILES string of the molecule is CC(=O)Nc1cc(C(=O)N2CCOC(c3ccnc(C)c3)C2)ccn1. The van der Waals surface area contributed by atoms with Crippen molar-refractivity contribution in [2.24, 2.45) is 0 Å². The molecule has 0 bridgehead atoms. The van der Waals surface area contributed by atoms with Crippen molar-refractivity contribution in [3.05, 3.63) is 53.5 Å². The zero-order valence-electron chi connectivity index (χ0n) is 14.2. The number of aryl methyl sites for hydroxylation is 1. The Morgan fingerprint density at radius 2 is 2.04 bits per heavy atom. The third-order valence-electron chi connectivity index (χ3n) is 3.96. The van der Waals surface area contributed by atoms with E-state index in [0.29, 0.717) is 31.1 Å². The van der Waals surface area contributed by atoms with Crippen LogP contribution >= 0.6 is 0 Å². The minimum Gasteiger partial charge on any atom is -0.370 e. The summed E-state index contributed by atoms with van der Waals surface area (Å²) in [6, 6.07) is 7.12. The van der Waals surface area contributed by atoms with Crippen LogP contribution in [0.4, 0.5) is 5.82 Å². The summed E-state index contributed by atoms with van der Waals surface area (Å²) in [7, 11) is 0. The van der Waals surface area contributed by atoms with Crippen molar-refractivity contribution in [1.29, 1.82) is 0 Å². The van der Waals surface area contributed by atoms with Crippen molar-refractivity contribution >= 4 is 17.6 Å². The Balaban J connectivity index is 1.75. The molecule has 1 atom stereocenters. The van der Waals surface area contributed by atoms with E-state index in [-0.39, 0.29) is 17.9 Å². The van der Waals surface area contributed by atoms with Crippen molar-refractivity contribution in [2.45, 2.75) is 20.0 Å². The number of morpholine rings is 1. The molecule has 2 aromatic rings. The summed E-state index contributed by atoms with van der Waals surface area (Å²) in [4.78, 5) is 34.0. The van der Waals surface area contributed by atoms with Gasteiger partial charge in [-0.05, 0) is 36.8 Å². The number of nitrogens with one attached hydrogen (secondary N) is 1. The summed E-state index contributed by atoms with van der Waals surface area (Å²) in [5.41, 5.74) is 2.42. The van der Waals surface area contributed by atoms with Crippen LogP contribution in [-0.4, -0.2) is 46.4 Å². The summed E-state index contributed by atoms with van der Waals surface area (Å²) in [5, 5.41) is 2.59. The van der Waals surface area contributed by atoms with Gasteiger partial charge >= 0.3 is 0 Å². The molecule has 0 spiro atoms. The van der Waals surface area contributed by atoms with Gasteiger partial charge in [0.2, 0.25) is 5.91 Å². The highest BCUT2D eigenvalue weighted by atomic mass is 16.5. The summed E-state index contributed by atoms with van der Waals surface area (Å²) >= 11 is 0. The number of carbonyl (C=O) groups is 2. The van der Waals surface area contributed by atoms with Gasteiger partial charge in [0.1, 0.15) is 11.9 Å². The number of nitrogens with zero attached hydrogens (tertiary/aromatic N) is 3. The Labute approximate surface area is 146 Å². The van der Waals surface area contributed by atoms with Crippen LogP contribution in [0.5, 0.6) is 0 Å². The molecular formula is C18H20N4O3. The number of aromatic nitrogens is 2. The number of hydrogen-bond donors (Lipinski definition) is 1. The Kier molecular flexibility index (Phi) is 5.04. The highest BCUT2D eigenvalue weighted by Crippen LogP contribution is 2.23. The van der Waals surface area contributed by atoms with Gasteiger partial charge < -0.3 is 15.0 Å². The lowest BCUT2D eigenvalue weighted by Crippen LogP contribution is -2.42. The predicted molar refractivity (Wildman–Crippen MR) is 92.1 cm³/mol. The Bertz CT molecular complexity index is 793. The molecular weight excluding hydrogens is 320 g/mol. The fourth-order valence-electron chi connectivity index (χ4n) is 2.80. The zero-order chi connectivity index (χ0) is 17.8. The third-order valence-corrected chi connectivity index (χ3v) is 3.96. The first-order valence-electron chi connectivity index (χ1n) is 8.10. The van der Waals surface area contributed by atoms with E-state index in [1.807, 2.05) is 19.1 Å². The van der Waals surface area contributed by atoms with Crippen LogP contribution in [0.15, 0.2) is 36.7 Å². The first kappa shape index (κ1) is 17.0. The van der Waals surface area contributed by atoms with E-state index in [2.05, 4.69) is 15.3 Å². The van der Waals surface area contributed by atoms with Crippen molar-refractivity contribution in [3.8, 4) is 0 Å². The second kappa shape index (κ2) is 7.40. The van der Waals surface area contributed by atoms with Gasteiger partial charge in [-0.15, -0.1) is 0 Å². The van der Waals surface area contributed by atoms with E-state index in [4.69, 9.17) is 4.74 Å². The highest BCUT2D eigenvalue weighted by Gasteiger charge is 2.26. The summed E-state index contributed by atoms with van der Waals surface area (Å²) < 4.78 is 5.82. The van der Waals surface area contributed by atoms with Gasteiger partial charge in [-0.2, -0.15) is 0 Å². The quantitative estimate of drug-likeness (QED) is 0.923. The van der Waals surface area contributed by atoms with E-state index < -0.39 is 0 Å². The molecule has 1 unspecified atom stereocenters. The standard InChI is InChI=1S/C18H20N4O3/c1-12-9-14(3-5-19-12)16-11-22(7-8-25-16)18(24)15-4-6-20-17(10-15)21-13(2)23/h3-6,9-10,16H,7-8,11H2,1-2H3,(H,20,21,23). The zero-order valence-corrected chi connectivity index (χ0v) is 14.2. The molecule has 0 aliphatic carbocycles. The van der Waals surface area contributed by atoms with Gasteiger partial charge in [0.15, 0.2) is 0 Å². The van der Waals surface area contributed by atoms with E-state index in [1.165, 1.54) is 13.1 Å². The largest absolute Gasteiger partial charge is 0.370 e. The highest BCUT2D eigenvalue weighted by molar-refractivity contribution is 5.96. The summed E-state index contributed by atoms with van der Waals surface area (Å²) in [6.07, 6.45) is 3.09. The monoisotopic (exact) mass is 340 g/mol. The molecule has 7 nitrogen and oxygen atoms in total. The molecule has 3 heterocycles. The van der Waals surface area contributed by atoms with Crippen molar-refractivity contribution in [3.63, 3.8) is 0 Å². The molecule has 1 saturated heterocycles.